The highest BCUT2D eigenvalue weighted by Crippen LogP contribution is 2.22. The van der Waals surface area contributed by atoms with E-state index in [9.17, 15) is 9.59 Å². The van der Waals surface area contributed by atoms with Gasteiger partial charge >= 0.3 is 0 Å². The van der Waals surface area contributed by atoms with Crippen LogP contribution in [0.4, 0.5) is 5.69 Å². The standard InChI is InChI=1S/C11H17ClN4O3/c1-11(2,5-8(13)18)15-7-6-14-16(3-4-17)10(19)9(7)12/h6,15,17H,3-5H2,1-2H3,(H2,13,18). The van der Waals surface area contributed by atoms with Gasteiger partial charge < -0.3 is 16.2 Å². The van der Waals surface area contributed by atoms with E-state index < -0.39 is 17.0 Å². The van der Waals surface area contributed by atoms with Gasteiger partial charge in [0.1, 0.15) is 5.02 Å². The lowest BCUT2D eigenvalue weighted by Gasteiger charge is -2.26. The highest BCUT2D eigenvalue weighted by molar-refractivity contribution is 6.32. The maximum absolute atomic E-state index is 11.8. The number of nitrogens with two attached hydrogens (primary N) is 1. The van der Waals surface area contributed by atoms with Gasteiger partial charge in [0.2, 0.25) is 5.91 Å². The van der Waals surface area contributed by atoms with Crippen molar-refractivity contribution in [2.45, 2.75) is 32.4 Å². The highest BCUT2D eigenvalue weighted by Gasteiger charge is 2.22. The van der Waals surface area contributed by atoms with E-state index in [0.717, 1.165) is 4.68 Å². The van der Waals surface area contributed by atoms with Gasteiger partial charge in [0, 0.05) is 12.0 Å². The Bertz CT molecular complexity index is 527. The molecule has 0 spiro atoms. The van der Waals surface area contributed by atoms with E-state index in [4.69, 9.17) is 22.4 Å². The number of aliphatic hydroxyl groups is 1. The van der Waals surface area contributed by atoms with Gasteiger partial charge in [-0.05, 0) is 13.8 Å². The summed E-state index contributed by atoms with van der Waals surface area (Å²) in [6.07, 6.45) is 1.46. The van der Waals surface area contributed by atoms with Crippen molar-refractivity contribution < 1.29 is 9.90 Å². The van der Waals surface area contributed by atoms with Crippen molar-refractivity contribution in [2.75, 3.05) is 11.9 Å². The number of aliphatic hydroxyl groups excluding tert-OH is 1. The zero-order valence-corrected chi connectivity index (χ0v) is 11.6. The minimum atomic E-state index is -0.646. The fourth-order valence-electron chi connectivity index (χ4n) is 1.65. The molecule has 1 aromatic rings. The number of hydrogen-bond acceptors (Lipinski definition) is 5. The second-order valence-corrected chi connectivity index (χ2v) is 5.15. The van der Waals surface area contributed by atoms with Crippen LogP contribution < -0.4 is 16.6 Å². The number of nitrogens with zero attached hydrogens (tertiary/aromatic N) is 2. The summed E-state index contributed by atoms with van der Waals surface area (Å²) in [6, 6.07) is 0. The molecule has 0 radical (unpaired) electrons. The topological polar surface area (TPSA) is 110 Å². The molecule has 0 aromatic carbocycles. The van der Waals surface area contributed by atoms with Gasteiger partial charge in [-0.1, -0.05) is 11.6 Å². The Labute approximate surface area is 115 Å². The molecule has 19 heavy (non-hydrogen) atoms. The van der Waals surface area contributed by atoms with Gasteiger partial charge in [-0.2, -0.15) is 5.10 Å². The third kappa shape index (κ3) is 4.22. The molecule has 1 amide bonds. The van der Waals surface area contributed by atoms with Crippen LogP contribution in [0.15, 0.2) is 11.0 Å². The van der Waals surface area contributed by atoms with Crippen molar-refractivity contribution in [3.05, 3.63) is 21.6 Å². The molecule has 1 rings (SSSR count). The summed E-state index contributed by atoms with van der Waals surface area (Å²) in [4.78, 5) is 22.7. The number of carbonyl (C=O) groups is 1. The number of hydrogen-bond donors (Lipinski definition) is 3. The van der Waals surface area contributed by atoms with E-state index in [1.54, 1.807) is 13.8 Å². The van der Waals surface area contributed by atoms with Crippen LogP contribution in [0.5, 0.6) is 0 Å². The van der Waals surface area contributed by atoms with Crippen molar-refractivity contribution in [1.82, 2.24) is 9.78 Å². The Balaban J connectivity index is 3.00. The fraction of sp³-hybridized carbons (Fsp3) is 0.545. The summed E-state index contributed by atoms with van der Waals surface area (Å²) >= 11 is 5.94. The van der Waals surface area contributed by atoms with Crippen LogP contribution >= 0.6 is 11.6 Å². The smallest absolute Gasteiger partial charge is 0.287 e. The predicted molar refractivity (Wildman–Crippen MR) is 72.1 cm³/mol. The van der Waals surface area contributed by atoms with Gasteiger partial charge in [0.25, 0.3) is 5.56 Å². The molecule has 0 atom stereocenters. The average Bonchev–Trinajstić information content (AvgIpc) is 2.27. The molecule has 0 aliphatic heterocycles. The second kappa shape index (κ2) is 6.03. The molecule has 0 bridgehead atoms. The first kappa shape index (κ1) is 15.5. The number of halogens is 1. The maximum atomic E-state index is 11.8. The van der Waals surface area contributed by atoms with Gasteiger partial charge in [-0.15, -0.1) is 0 Å². The molecule has 4 N–H and O–H groups in total. The third-order valence-electron chi connectivity index (χ3n) is 2.39. The lowest BCUT2D eigenvalue weighted by Crippen LogP contribution is -2.37. The summed E-state index contributed by atoms with van der Waals surface area (Å²) in [5.74, 6) is -0.463. The number of carbonyl (C=O) groups excluding carboxylic acids is 1. The van der Waals surface area contributed by atoms with Gasteiger partial charge in [-0.3, -0.25) is 9.59 Å². The van der Waals surface area contributed by atoms with E-state index in [-0.39, 0.29) is 24.6 Å². The molecule has 1 heterocycles. The molecule has 0 saturated heterocycles. The molecule has 0 aliphatic rings. The molecule has 0 fully saturated rings. The van der Waals surface area contributed by atoms with E-state index in [2.05, 4.69) is 10.4 Å². The molecule has 106 valence electrons. The first-order chi connectivity index (χ1) is 8.76. The van der Waals surface area contributed by atoms with Crippen LogP contribution in [0.2, 0.25) is 5.02 Å². The molecular weight excluding hydrogens is 272 g/mol. The molecule has 0 unspecified atom stereocenters. The quantitative estimate of drug-likeness (QED) is 0.680. The van der Waals surface area contributed by atoms with Crippen LogP contribution in [-0.4, -0.2) is 32.9 Å². The number of rotatable bonds is 6. The van der Waals surface area contributed by atoms with Crippen LogP contribution in [0.3, 0.4) is 0 Å². The number of aromatic nitrogens is 2. The molecular formula is C11H17ClN4O3. The summed E-state index contributed by atoms with van der Waals surface area (Å²) < 4.78 is 1.06. The Morgan fingerprint density at radius 1 is 1.63 bits per heavy atom. The van der Waals surface area contributed by atoms with Crippen LogP contribution in [0.1, 0.15) is 20.3 Å². The highest BCUT2D eigenvalue weighted by atomic mass is 35.5. The Kier molecular flexibility index (Phi) is 4.90. The first-order valence-corrected chi connectivity index (χ1v) is 6.07. The van der Waals surface area contributed by atoms with E-state index in [0.29, 0.717) is 5.69 Å². The van der Waals surface area contributed by atoms with Crippen LogP contribution in [-0.2, 0) is 11.3 Å². The summed E-state index contributed by atoms with van der Waals surface area (Å²) in [7, 11) is 0. The van der Waals surface area contributed by atoms with Gasteiger partial charge in [0.15, 0.2) is 0 Å². The summed E-state index contributed by atoms with van der Waals surface area (Å²) in [6.45, 7) is 3.38. The summed E-state index contributed by atoms with van der Waals surface area (Å²) in [5.41, 5.74) is 4.32. The minimum absolute atomic E-state index is 0.0407. The molecule has 0 aliphatic carbocycles. The normalized spacial score (nSPS) is 11.4. The maximum Gasteiger partial charge on any atom is 0.287 e. The fourth-order valence-corrected chi connectivity index (χ4v) is 1.84. The van der Waals surface area contributed by atoms with Crippen molar-refractivity contribution in [1.29, 1.82) is 0 Å². The van der Waals surface area contributed by atoms with Gasteiger partial charge in [0.05, 0.1) is 25.0 Å². The Morgan fingerprint density at radius 3 is 2.79 bits per heavy atom. The zero-order chi connectivity index (χ0) is 14.6. The summed E-state index contributed by atoms with van der Waals surface area (Å²) in [5, 5.41) is 15.6. The number of primary amides is 1. The molecule has 1 aromatic heterocycles. The van der Waals surface area contributed by atoms with Crippen molar-refractivity contribution in [3.63, 3.8) is 0 Å². The zero-order valence-electron chi connectivity index (χ0n) is 10.8. The van der Waals surface area contributed by atoms with Crippen molar-refractivity contribution in [2.24, 2.45) is 5.73 Å². The second-order valence-electron chi connectivity index (χ2n) is 4.78. The number of anilines is 1. The number of nitrogens with one attached hydrogen (secondary N) is 1. The number of amides is 1. The lowest BCUT2D eigenvalue weighted by atomic mass is 10.00. The third-order valence-corrected chi connectivity index (χ3v) is 2.75. The first-order valence-electron chi connectivity index (χ1n) is 5.70. The molecule has 8 heteroatoms. The average molecular weight is 289 g/mol. The minimum Gasteiger partial charge on any atom is -0.394 e. The molecule has 0 saturated carbocycles. The monoisotopic (exact) mass is 288 g/mol. The van der Waals surface area contributed by atoms with E-state index in [1.807, 2.05) is 0 Å². The van der Waals surface area contributed by atoms with Crippen molar-refractivity contribution >= 4 is 23.2 Å². The molecule has 7 nitrogen and oxygen atoms in total. The van der Waals surface area contributed by atoms with Crippen LogP contribution in [0.25, 0.3) is 0 Å². The lowest BCUT2D eigenvalue weighted by molar-refractivity contribution is -0.118. The predicted octanol–water partition coefficient (Wildman–Crippen LogP) is -0.0451. The SMILES string of the molecule is CC(C)(CC(N)=O)Nc1cnn(CCO)c(=O)c1Cl. The van der Waals surface area contributed by atoms with Crippen molar-refractivity contribution in [3.8, 4) is 0 Å². The Morgan fingerprint density at radius 2 is 2.26 bits per heavy atom. The van der Waals surface area contributed by atoms with E-state index in [1.165, 1.54) is 6.20 Å². The Hall–Kier alpha value is -1.60. The van der Waals surface area contributed by atoms with E-state index >= 15 is 0 Å². The largest absolute Gasteiger partial charge is 0.394 e. The van der Waals surface area contributed by atoms with Crippen LogP contribution in [0, 0.1) is 0 Å². The van der Waals surface area contributed by atoms with Gasteiger partial charge in [-0.25, -0.2) is 4.68 Å².